The van der Waals surface area contributed by atoms with Gasteiger partial charge in [0.15, 0.2) is 0 Å². The first kappa shape index (κ1) is 15.1. The molecule has 0 aliphatic carbocycles. The van der Waals surface area contributed by atoms with Crippen LogP contribution in [0.2, 0.25) is 0 Å². The normalized spacial score (nSPS) is 12.3. The van der Waals surface area contributed by atoms with E-state index in [0.29, 0.717) is 0 Å². The van der Waals surface area contributed by atoms with Gasteiger partial charge in [-0.3, -0.25) is 0 Å². The van der Waals surface area contributed by atoms with Gasteiger partial charge in [0.05, 0.1) is 4.47 Å². The van der Waals surface area contributed by atoms with Crippen molar-refractivity contribution in [1.29, 1.82) is 0 Å². The maximum atomic E-state index is 6.10. The molecule has 0 amide bonds. The Morgan fingerprint density at radius 3 is 2.30 bits per heavy atom. The van der Waals surface area contributed by atoms with E-state index in [9.17, 15) is 0 Å². The Balaban J connectivity index is 2.38. The summed E-state index contributed by atoms with van der Waals surface area (Å²) in [7, 11) is 0. The maximum Gasteiger partial charge on any atom is 0.141 e. The summed E-state index contributed by atoms with van der Waals surface area (Å²) in [5.74, 6) is 1.74. The Hall–Kier alpha value is -1.32. The lowest BCUT2D eigenvalue weighted by Crippen LogP contribution is -2.04. The lowest BCUT2D eigenvalue weighted by atomic mass is 10.1. The number of rotatable bonds is 3. The minimum atomic E-state index is 0.0165. The van der Waals surface area contributed by atoms with E-state index < -0.39 is 0 Å². The third-order valence-corrected chi connectivity index (χ3v) is 4.19. The standard InChI is InChI=1S/C17H20BrNO/c1-10-5-6-11(2)17(12(10)3)20-16-8-7-14(13(4)19)9-15(16)18/h5-9,13H,19H2,1-4H3. The molecule has 20 heavy (non-hydrogen) atoms. The van der Waals surface area contributed by atoms with Crippen LogP contribution in [0.15, 0.2) is 34.8 Å². The summed E-state index contributed by atoms with van der Waals surface area (Å²) in [6, 6.07) is 10.2. The summed E-state index contributed by atoms with van der Waals surface area (Å²) < 4.78 is 7.02. The molecule has 0 saturated heterocycles. The number of benzene rings is 2. The zero-order chi connectivity index (χ0) is 14.9. The molecule has 1 atom stereocenters. The molecule has 0 aromatic heterocycles. The molecule has 0 fully saturated rings. The van der Waals surface area contributed by atoms with Crippen molar-refractivity contribution in [3.8, 4) is 11.5 Å². The predicted molar refractivity (Wildman–Crippen MR) is 87.5 cm³/mol. The van der Waals surface area contributed by atoms with Crippen molar-refractivity contribution >= 4 is 15.9 Å². The number of ether oxygens (including phenoxy) is 1. The molecule has 2 nitrogen and oxygen atoms in total. The highest BCUT2D eigenvalue weighted by atomic mass is 79.9. The van der Waals surface area contributed by atoms with Crippen molar-refractivity contribution in [3.63, 3.8) is 0 Å². The van der Waals surface area contributed by atoms with E-state index in [0.717, 1.165) is 27.1 Å². The molecule has 0 aliphatic heterocycles. The number of hydrogen-bond donors (Lipinski definition) is 1. The van der Waals surface area contributed by atoms with Gasteiger partial charge < -0.3 is 10.5 Å². The average Bonchev–Trinajstić information content (AvgIpc) is 2.40. The van der Waals surface area contributed by atoms with Gasteiger partial charge in [0, 0.05) is 6.04 Å². The van der Waals surface area contributed by atoms with Gasteiger partial charge in [-0.2, -0.15) is 0 Å². The van der Waals surface area contributed by atoms with Gasteiger partial charge in [-0.1, -0.05) is 18.2 Å². The van der Waals surface area contributed by atoms with Crippen LogP contribution < -0.4 is 10.5 Å². The molecule has 0 bridgehead atoms. The zero-order valence-electron chi connectivity index (χ0n) is 12.3. The van der Waals surface area contributed by atoms with Crippen LogP contribution in [0.3, 0.4) is 0 Å². The van der Waals surface area contributed by atoms with E-state index in [1.807, 2.05) is 25.1 Å². The molecule has 0 aliphatic rings. The maximum absolute atomic E-state index is 6.10. The number of nitrogens with two attached hydrogens (primary N) is 1. The molecule has 0 heterocycles. The second-order valence-corrected chi connectivity index (χ2v) is 6.09. The van der Waals surface area contributed by atoms with Crippen LogP contribution >= 0.6 is 15.9 Å². The van der Waals surface area contributed by atoms with Crippen LogP contribution in [0.5, 0.6) is 11.5 Å². The highest BCUT2D eigenvalue weighted by molar-refractivity contribution is 9.10. The van der Waals surface area contributed by atoms with E-state index in [-0.39, 0.29) is 6.04 Å². The van der Waals surface area contributed by atoms with Crippen molar-refractivity contribution in [2.75, 3.05) is 0 Å². The van der Waals surface area contributed by atoms with Crippen molar-refractivity contribution < 1.29 is 4.74 Å². The number of aryl methyl sites for hydroxylation is 2. The minimum absolute atomic E-state index is 0.0165. The molecule has 2 N–H and O–H groups in total. The minimum Gasteiger partial charge on any atom is -0.456 e. The van der Waals surface area contributed by atoms with Crippen molar-refractivity contribution in [3.05, 3.63) is 57.1 Å². The first-order valence-electron chi connectivity index (χ1n) is 6.70. The SMILES string of the molecule is Cc1ccc(C)c(Oc2ccc(C(C)N)cc2Br)c1C. The second kappa shape index (κ2) is 5.98. The van der Waals surface area contributed by atoms with Gasteiger partial charge in [0.25, 0.3) is 0 Å². The highest BCUT2D eigenvalue weighted by Gasteiger charge is 2.11. The third-order valence-electron chi connectivity index (χ3n) is 3.57. The van der Waals surface area contributed by atoms with Crippen molar-refractivity contribution in [2.24, 2.45) is 5.73 Å². The van der Waals surface area contributed by atoms with Gasteiger partial charge in [-0.05, 0) is 78.0 Å². The van der Waals surface area contributed by atoms with E-state index in [4.69, 9.17) is 10.5 Å². The van der Waals surface area contributed by atoms with Gasteiger partial charge in [-0.25, -0.2) is 0 Å². The molecule has 2 aromatic rings. The Morgan fingerprint density at radius 1 is 1.05 bits per heavy atom. The number of halogens is 1. The largest absolute Gasteiger partial charge is 0.456 e. The summed E-state index contributed by atoms with van der Waals surface area (Å²) in [5.41, 5.74) is 10.5. The van der Waals surface area contributed by atoms with Crippen LogP contribution in [0.4, 0.5) is 0 Å². The Bertz CT molecular complexity index is 635. The molecule has 0 radical (unpaired) electrons. The average molecular weight is 334 g/mol. The Kier molecular flexibility index (Phi) is 4.51. The second-order valence-electron chi connectivity index (χ2n) is 5.23. The van der Waals surface area contributed by atoms with Gasteiger partial charge in [0.1, 0.15) is 11.5 Å². The summed E-state index contributed by atoms with van der Waals surface area (Å²) in [6.45, 7) is 8.21. The van der Waals surface area contributed by atoms with Crippen LogP contribution in [0.1, 0.15) is 35.2 Å². The monoisotopic (exact) mass is 333 g/mol. The van der Waals surface area contributed by atoms with Crippen LogP contribution in [-0.2, 0) is 0 Å². The van der Waals surface area contributed by atoms with E-state index in [2.05, 4.69) is 48.8 Å². The Labute approximate surface area is 129 Å². The number of hydrogen-bond acceptors (Lipinski definition) is 2. The molecular formula is C17H20BrNO. The van der Waals surface area contributed by atoms with Gasteiger partial charge in [-0.15, -0.1) is 0 Å². The van der Waals surface area contributed by atoms with E-state index in [1.165, 1.54) is 11.1 Å². The summed E-state index contributed by atoms with van der Waals surface area (Å²) >= 11 is 3.56. The molecule has 2 aromatic carbocycles. The summed E-state index contributed by atoms with van der Waals surface area (Å²) in [4.78, 5) is 0. The topological polar surface area (TPSA) is 35.2 Å². The van der Waals surface area contributed by atoms with Crippen LogP contribution in [0, 0.1) is 20.8 Å². The third kappa shape index (κ3) is 3.05. The van der Waals surface area contributed by atoms with Gasteiger partial charge >= 0.3 is 0 Å². The fourth-order valence-corrected chi connectivity index (χ4v) is 2.55. The molecule has 2 rings (SSSR count). The van der Waals surface area contributed by atoms with E-state index in [1.54, 1.807) is 0 Å². The quantitative estimate of drug-likeness (QED) is 0.839. The first-order valence-corrected chi connectivity index (χ1v) is 7.49. The van der Waals surface area contributed by atoms with Crippen molar-refractivity contribution in [2.45, 2.75) is 33.7 Å². The fourth-order valence-electron chi connectivity index (χ4n) is 2.08. The molecule has 1 unspecified atom stereocenters. The zero-order valence-corrected chi connectivity index (χ0v) is 13.9. The highest BCUT2D eigenvalue weighted by Crippen LogP contribution is 2.35. The molecule has 106 valence electrons. The first-order chi connectivity index (χ1) is 9.40. The summed E-state index contributed by atoms with van der Waals surface area (Å²) in [5, 5.41) is 0. The fraction of sp³-hybridized carbons (Fsp3) is 0.294. The molecule has 0 spiro atoms. The van der Waals surface area contributed by atoms with Crippen LogP contribution in [0.25, 0.3) is 0 Å². The predicted octanol–water partition coefficient (Wildman–Crippen LogP) is 5.19. The molecular weight excluding hydrogens is 314 g/mol. The molecule has 3 heteroatoms. The summed E-state index contributed by atoms with van der Waals surface area (Å²) in [6.07, 6.45) is 0. The van der Waals surface area contributed by atoms with Crippen LogP contribution in [-0.4, -0.2) is 0 Å². The van der Waals surface area contributed by atoms with E-state index >= 15 is 0 Å². The smallest absolute Gasteiger partial charge is 0.141 e. The van der Waals surface area contributed by atoms with Crippen molar-refractivity contribution in [1.82, 2.24) is 0 Å². The Morgan fingerprint density at radius 2 is 1.70 bits per heavy atom. The van der Waals surface area contributed by atoms with Gasteiger partial charge in [0.2, 0.25) is 0 Å². The lowest BCUT2D eigenvalue weighted by Gasteiger charge is -2.16. The lowest BCUT2D eigenvalue weighted by molar-refractivity contribution is 0.471. The molecule has 0 saturated carbocycles.